The molecule has 0 aliphatic heterocycles. The molecule has 0 unspecified atom stereocenters. The first kappa shape index (κ1) is 5.41. The molecule has 1 heterocycles. The molecule has 0 aliphatic carbocycles. The van der Waals surface area contributed by atoms with E-state index < -0.39 is 5.95 Å². The average Bonchev–Trinajstić information content (AvgIpc) is 2.34. The summed E-state index contributed by atoms with van der Waals surface area (Å²) in [7, 11) is 0. The highest BCUT2D eigenvalue weighted by Gasteiger charge is 2.00. The van der Waals surface area contributed by atoms with E-state index in [0.29, 0.717) is 10.9 Å². The zero-order chi connectivity index (χ0) is 6.97. The van der Waals surface area contributed by atoms with Gasteiger partial charge in [0, 0.05) is 0 Å². The summed E-state index contributed by atoms with van der Waals surface area (Å²) in [6.07, 6.45) is 0. The molecule has 0 aliphatic rings. The highest BCUT2D eigenvalue weighted by Crippen LogP contribution is 2.11. The number of nitrogens with one attached hydrogen (secondary N) is 1. The van der Waals surface area contributed by atoms with E-state index in [1.165, 1.54) is 0 Å². The zero-order valence-corrected chi connectivity index (χ0v) is 5.06. The molecule has 0 amide bonds. The molecule has 0 saturated carbocycles. The summed E-state index contributed by atoms with van der Waals surface area (Å²) >= 11 is 0. The summed E-state index contributed by atoms with van der Waals surface area (Å²) in [5, 5.41) is 6.42. The van der Waals surface area contributed by atoms with E-state index in [2.05, 4.69) is 16.3 Å². The van der Waals surface area contributed by atoms with Crippen molar-refractivity contribution in [1.29, 1.82) is 0 Å². The Labute approximate surface area is 56.7 Å². The van der Waals surface area contributed by atoms with Gasteiger partial charge in [-0.05, 0) is 18.2 Å². The van der Waals surface area contributed by atoms with Gasteiger partial charge in [0.25, 0.3) is 0 Å². The summed E-state index contributed by atoms with van der Waals surface area (Å²) in [6, 6.07) is 7.76. The molecule has 49 valence electrons. The van der Waals surface area contributed by atoms with Gasteiger partial charge >= 0.3 is 0 Å². The molecule has 1 radical (unpaired) electrons. The number of aromatic amines is 1. The number of halogens is 1. The van der Waals surface area contributed by atoms with Crippen molar-refractivity contribution in [2.75, 3.05) is 0 Å². The third kappa shape index (κ3) is 0.603. The normalized spacial score (nSPS) is 10.5. The van der Waals surface area contributed by atoms with E-state index in [4.69, 9.17) is 0 Å². The minimum absolute atomic E-state index is 0.466. The third-order valence-electron chi connectivity index (χ3n) is 1.36. The second-order valence-electron chi connectivity index (χ2n) is 1.99. The van der Waals surface area contributed by atoms with Gasteiger partial charge in [-0.25, -0.2) is 0 Å². The van der Waals surface area contributed by atoms with Gasteiger partial charge in [-0.1, -0.05) is 6.07 Å². The van der Waals surface area contributed by atoms with Crippen LogP contribution >= 0.6 is 0 Å². The van der Waals surface area contributed by atoms with Crippen LogP contribution < -0.4 is 0 Å². The van der Waals surface area contributed by atoms with Crippen LogP contribution in [0.5, 0.6) is 0 Å². The number of fused-ring (bicyclic) bond motifs is 1. The Morgan fingerprint density at radius 2 is 2.50 bits per heavy atom. The molecule has 2 nitrogen and oxygen atoms in total. The Morgan fingerprint density at radius 3 is 3.30 bits per heavy atom. The van der Waals surface area contributed by atoms with Crippen LogP contribution in [-0.4, -0.2) is 10.2 Å². The van der Waals surface area contributed by atoms with Crippen molar-refractivity contribution in [2.24, 2.45) is 0 Å². The van der Waals surface area contributed by atoms with Crippen molar-refractivity contribution in [1.82, 2.24) is 10.2 Å². The molecule has 1 aromatic heterocycles. The highest BCUT2D eigenvalue weighted by atomic mass is 19.1. The van der Waals surface area contributed by atoms with Crippen molar-refractivity contribution in [3.8, 4) is 0 Å². The number of nitrogens with zero attached hydrogens (tertiary/aromatic N) is 1. The smallest absolute Gasteiger partial charge is 0.240 e. The van der Waals surface area contributed by atoms with Crippen LogP contribution in [0.2, 0.25) is 0 Å². The predicted octanol–water partition coefficient (Wildman–Crippen LogP) is 1.50. The minimum Gasteiger partial charge on any atom is -0.275 e. The van der Waals surface area contributed by atoms with Gasteiger partial charge in [0.05, 0.1) is 10.9 Å². The Morgan fingerprint density at radius 1 is 1.60 bits per heavy atom. The summed E-state index contributed by atoms with van der Waals surface area (Å²) < 4.78 is 12.6. The Bertz CT molecular complexity index is 353. The van der Waals surface area contributed by atoms with Gasteiger partial charge < -0.3 is 0 Å². The lowest BCUT2D eigenvalue weighted by atomic mass is 10.3. The number of aromatic nitrogens is 2. The SMILES string of the molecule is Fc1n[nH]c2cc[c]cc12. The fourth-order valence-electron chi connectivity index (χ4n) is 0.868. The van der Waals surface area contributed by atoms with E-state index in [-0.39, 0.29) is 0 Å². The van der Waals surface area contributed by atoms with E-state index in [0.717, 1.165) is 0 Å². The van der Waals surface area contributed by atoms with Crippen LogP contribution in [0, 0.1) is 12.0 Å². The van der Waals surface area contributed by atoms with Crippen LogP contribution in [-0.2, 0) is 0 Å². The Balaban J connectivity index is 2.93. The van der Waals surface area contributed by atoms with Crippen molar-refractivity contribution in [3.63, 3.8) is 0 Å². The van der Waals surface area contributed by atoms with Crippen LogP contribution in [0.3, 0.4) is 0 Å². The number of hydrogen-bond acceptors (Lipinski definition) is 1. The quantitative estimate of drug-likeness (QED) is 0.582. The monoisotopic (exact) mass is 135 g/mol. The van der Waals surface area contributed by atoms with E-state index in [9.17, 15) is 4.39 Å². The Hall–Kier alpha value is -1.38. The molecule has 1 aromatic carbocycles. The lowest BCUT2D eigenvalue weighted by molar-refractivity contribution is 0.588. The van der Waals surface area contributed by atoms with E-state index in [1.54, 1.807) is 18.2 Å². The largest absolute Gasteiger partial charge is 0.275 e. The number of H-pyrrole nitrogens is 1. The van der Waals surface area contributed by atoms with Crippen LogP contribution in [0.4, 0.5) is 4.39 Å². The number of benzene rings is 1. The summed E-state index contributed by atoms with van der Waals surface area (Å²) in [5.74, 6) is -0.466. The van der Waals surface area contributed by atoms with Gasteiger partial charge in [0.2, 0.25) is 5.95 Å². The summed E-state index contributed by atoms with van der Waals surface area (Å²) in [5.41, 5.74) is 0.705. The topological polar surface area (TPSA) is 28.7 Å². The standard InChI is InChI=1S/C7H4FN2/c8-7-5-3-1-2-4-6(5)9-10-7/h2-4H,(H,9,10). The molecule has 3 heteroatoms. The molecule has 0 fully saturated rings. The molecule has 1 N–H and O–H groups in total. The van der Waals surface area contributed by atoms with Crippen molar-refractivity contribution in [3.05, 3.63) is 30.2 Å². The van der Waals surface area contributed by atoms with Gasteiger partial charge in [0.1, 0.15) is 0 Å². The third-order valence-corrected chi connectivity index (χ3v) is 1.36. The lowest BCUT2D eigenvalue weighted by Crippen LogP contribution is -1.69. The first-order chi connectivity index (χ1) is 4.88. The number of rotatable bonds is 0. The minimum atomic E-state index is -0.466. The van der Waals surface area contributed by atoms with E-state index >= 15 is 0 Å². The predicted molar refractivity (Wildman–Crippen MR) is 34.9 cm³/mol. The molecule has 0 spiro atoms. The average molecular weight is 135 g/mol. The fraction of sp³-hybridized carbons (Fsp3) is 0. The van der Waals surface area contributed by atoms with Gasteiger partial charge in [-0.2, -0.15) is 4.39 Å². The van der Waals surface area contributed by atoms with Gasteiger partial charge in [0.15, 0.2) is 0 Å². The van der Waals surface area contributed by atoms with Gasteiger partial charge in [-0.3, -0.25) is 5.10 Å². The molecule has 0 bridgehead atoms. The highest BCUT2D eigenvalue weighted by molar-refractivity contribution is 5.77. The van der Waals surface area contributed by atoms with Crippen LogP contribution in [0.15, 0.2) is 18.2 Å². The van der Waals surface area contributed by atoms with Crippen LogP contribution in [0.25, 0.3) is 10.9 Å². The molecular formula is C7H4FN2. The van der Waals surface area contributed by atoms with Crippen molar-refractivity contribution in [2.45, 2.75) is 0 Å². The van der Waals surface area contributed by atoms with Crippen LogP contribution in [0.1, 0.15) is 0 Å². The Kier molecular flexibility index (Phi) is 0.974. The van der Waals surface area contributed by atoms with E-state index in [1.807, 2.05) is 0 Å². The molecule has 0 saturated heterocycles. The zero-order valence-electron chi connectivity index (χ0n) is 5.06. The fourth-order valence-corrected chi connectivity index (χ4v) is 0.868. The first-order valence-electron chi connectivity index (χ1n) is 2.87. The maximum absolute atomic E-state index is 12.6. The second-order valence-corrected chi connectivity index (χ2v) is 1.99. The maximum Gasteiger partial charge on any atom is 0.240 e. The molecule has 0 atom stereocenters. The molecule has 10 heavy (non-hydrogen) atoms. The summed E-state index contributed by atoms with van der Waals surface area (Å²) in [4.78, 5) is 0. The number of hydrogen-bond donors (Lipinski definition) is 1. The molecule has 2 aromatic rings. The maximum atomic E-state index is 12.6. The molecule has 2 rings (SSSR count). The summed E-state index contributed by atoms with van der Waals surface area (Å²) in [6.45, 7) is 0. The second kappa shape index (κ2) is 1.80. The van der Waals surface area contributed by atoms with Gasteiger partial charge in [-0.15, -0.1) is 5.10 Å². The first-order valence-corrected chi connectivity index (χ1v) is 2.87. The molecular weight excluding hydrogens is 131 g/mol. The van der Waals surface area contributed by atoms with Crippen molar-refractivity contribution >= 4 is 10.9 Å². The lowest BCUT2D eigenvalue weighted by Gasteiger charge is -1.81. The van der Waals surface area contributed by atoms with Crippen molar-refractivity contribution < 1.29 is 4.39 Å².